The number of rotatable bonds is 2. The van der Waals surface area contributed by atoms with Gasteiger partial charge in [0.1, 0.15) is 4.33 Å². The summed E-state index contributed by atoms with van der Waals surface area (Å²) >= 11 is 11.9. The average Bonchev–Trinajstić information content (AvgIpc) is 2.53. The highest BCUT2D eigenvalue weighted by molar-refractivity contribution is 6.52. The molecule has 0 radical (unpaired) electrons. The van der Waals surface area contributed by atoms with Crippen LogP contribution in [0.1, 0.15) is 32.0 Å². The first-order valence-corrected chi connectivity index (χ1v) is 4.96. The number of hydrogen-bond donors (Lipinski definition) is 0. The van der Waals surface area contributed by atoms with Crippen LogP contribution in [0.5, 0.6) is 0 Å². The van der Waals surface area contributed by atoms with E-state index in [0.29, 0.717) is 18.2 Å². The lowest BCUT2D eigenvalue weighted by Gasteiger charge is -2.04. The molecule has 0 saturated heterocycles. The van der Waals surface area contributed by atoms with Crippen molar-refractivity contribution in [2.75, 3.05) is 0 Å². The smallest absolute Gasteiger partial charge is 0.225 e. The van der Waals surface area contributed by atoms with E-state index in [-0.39, 0.29) is 5.41 Å². The minimum atomic E-state index is -0.732. The summed E-state index contributed by atoms with van der Waals surface area (Å²) in [4.78, 5) is 0. The van der Waals surface area contributed by atoms with Gasteiger partial charge in [0, 0.05) is 6.42 Å². The average molecular weight is 221 g/mol. The molecule has 0 amide bonds. The SMILES string of the molecule is CCc1nnc(C2(C)CC2(Cl)Cl)o1. The number of halogens is 2. The molecule has 1 aromatic heterocycles. The van der Waals surface area contributed by atoms with Gasteiger partial charge in [-0.25, -0.2) is 0 Å². The van der Waals surface area contributed by atoms with E-state index >= 15 is 0 Å². The molecule has 1 saturated carbocycles. The Morgan fingerprint density at radius 3 is 2.46 bits per heavy atom. The molecule has 1 fully saturated rings. The van der Waals surface area contributed by atoms with Crippen molar-refractivity contribution in [3.05, 3.63) is 11.8 Å². The van der Waals surface area contributed by atoms with Gasteiger partial charge < -0.3 is 4.42 Å². The summed E-state index contributed by atoms with van der Waals surface area (Å²) in [6.07, 6.45) is 1.41. The van der Waals surface area contributed by atoms with Crippen LogP contribution in [0.2, 0.25) is 0 Å². The van der Waals surface area contributed by atoms with Gasteiger partial charge in [-0.05, 0) is 13.3 Å². The predicted molar refractivity (Wildman–Crippen MR) is 50.1 cm³/mol. The highest BCUT2D eigenvalue weighted by atomic mass is 35.5. The Kier molecular flexibility index (Phi) is 1.86. The first-order valence-electron chi connectivity index (χ1n) is 4.20. The lowest BCUT2D eigenvalue weighted by Crippen LogP contribution is -2.10. The zero-order valence-corrected chi connectivity index (χ0v) is 8.98. The van der Waals surface area contributed by atoms with Crippen LogP contribution in [0.3, 0.4) is 0 Å². The largest absolute Gasteiger partial charge is 0.425 e. The second-order valence-electron chi connectivity index (χ2n) is 3.57. The number of nitrogens with zero attached hydrogens (tertiary/aromatic N) is 2. The van der Waals surface area contributed by atoms with E-state index in [9.17, 15) is 0 Å². The number of aromatic nitrogens is 2. The molecule has 0 aliphatic heterocycles. The van der Waals surface area contributed by atoms with Crippen LogP contribution in [-0.2, 0) is 11.8 Å². The monoisotopic (exact) mass is 220 g/mol. The molecule has 2 rings (SSSR count). The van der Waals surface area contributed by atoms with Crippen LogP contribution in [0.15, 0.2) is 4.42 Å². The highest BCUT2D eigenvalue weighted by Crippen LogP contribution is 2.64. The Morgan fingerprint density at radius 1 is 1.46 bits per heavy atom. The van der Waals surface area contributed by atoms with E-state index in [1.54, 1.807) is 0 Å². The van der Waals surface area contributed by atoms with Gasteiger partial charge in [0.25, 0.3) is 0 Å². The molecule has 1 unspecified atom stereocenters. The van der Waals surface area contributed by atoms with Gasteiger partial charge in [-0.3, -0.25) is 0 Å². The third-order valence-corrected chi connectivity index (χ3v) is 3.60. The molecule has 0 aromatic carbocycles. The normalized spacial score (nSPS) is 30.5. The van der Waals surface area contributed by atoms with Crippen LogP contribution in [0.4, 0.5) is 0 Å². The minimum Gasteiger partial charge on any atom is -0.425 e. The Bertz CT molecular complexity index is 337. The molecule has 1 atom stereocenters. The third kappa shape index (κ3) is 1.25. The van der Waals surface area contributed by atoms with Crippen molar-refractivity contribution in [2.24, 2.45) is 0 Å². The molecule has 0 bridgehead atoms. The molecule has 1 aromatic rings. The Hall–Kier alpha value is -0.280. The first-order chi connectivity index (χ1) is 5.99. The Morgan fingerprint density at radius 2 is 2.08 bits per heavy atom. The fraction of sp³-hybridized carbons (Fsp3) is 0.750. The fourth-order valence-electron chi connectivity index (χ4n) is 1.25. The first kappa shape index (κ1) is 9.28. The molecule has 1 aliphatic carbocycles. The summed E-state index contributed by atoms with van der Waals surface area (Å²) < 4.78 is 4.67. The van der Waals surface area contributed by atoms with Gasteiger partial charge in [-0.15, -0.1) is 33.4 Å². The molecule has 3 nitrogen and oxygen atoms in total. The molecule has 1 aliphatic rings. The summed E-state index contributed by atoms with van der Waals surface area (Å²) in [5.74, 6) is 1.18. The van der Waals surface area contributed by atoms with E-state index in [0.717, 1.165) is 6.42 Å². The van der Waals surface area contributed by atoms with Crippen LogP contribution < -0.4 is 0 Å². The second-order valence-corrected chi connectivity index (χ2v) is 5.05. The summed E-state index contributed by atoms with van der Waals surface area (Å²) in [6, 6.07) is 0. The molecule has 0 spiro atoms. The van der Waals surface area contributed by atoms with Gasteiger partial charge in [0.15, 0.2) is 0 Å². The summed E-state index contributed by atoms with van der Waals surface area (Å²) in [5.41, 5.74) is -0.351. The quantitative estimate of drug-likeness (QED) is 0.720. The van der Waals surface area contributed by atoms with E-state index in [1.807, 2.05) is 13.8 Å². The van der Waals surface area contributed by atoms with Crippen molar-refractivity contribution in [2.45, 2.75) is 36.4 Å². The zero-order valence-electron chi connectivity index (χ0n) is 7.47. The molecular formula is C8H10Cl2N2O. The summed E-state index contributed by atoms with van der Waals surface area (Å²) in [7, 11) is 0. The van der Waals surface area contributed by atoms with Crippen LogP contribution in [0.25, 0.3) is 0 Å². The molecule has 72 valence electrons. The van der Waals surface area contributed by atoms with Gasteiger partial charge >= 0.3 is 0 Å². The van der Waals surface area contributed by atoms with Crippen molar-refractivity contribution in [1.82, 2.24) is 10.2 Å². The van der Waals surface area contributed by atoms with Gasteiger partial charge in [-0.1, -0.05) is 6.92 Å². The van der Waals surface area contributed by atoms with Crippen LogP contribution in [0, 0.1) is 0 Å². The maximum Gasteiger partial charge on any atom is 0.225 e. The molecule has 13 heavy (non-hydrogen) atoms. The van der Waals surface area contributed by atoms with Crippen molar-refractivity contribution < 1.29 is 4.42 Å². The predicted octanol–water partition coefficient (Wildman–Crippen LogP) is 2.47. The molecule has 0 N–H and O–H groups in total. The van der Waals surface area contributed by atoms with Gasteiger partial charge in [0.05, 0.1) is 5.41 Å². The summed E-state index contributed by atoms with van der Waals surface area (Å²) in [6.45, 7) is 3.89. The number of hydrogen-bond acceptors (Lipinski definition) is 3. The maximum atomic E-state index is 5.97. The lowest BCUT2D eigenvalue weighted by atomic mass is 10.1. The number of alkyl halides is 2. The van der Waals surface area contributed by atoms with Crippen molar-refractivity contribution in [1.29, 1.82) is 0 Å². The molecule has 5 heteroatoms. The van der Waals surface area contributed by atoms with Crippen LogP contribution in [-0.4, -0.2) is 14.5 Å². The lowest BCUT2D eigenvalue weighted by molar-refractivity contribution is 0.417. The van der Waals surface area contributed by atoms with E-state index in [2.05, 4.69) is 10.2 Å². The topological polar surface area (TPSA) is 38.9 Å². The standard InChI is InChI=1S/C8H10Cl2N2O/c1-3-5-11-12-6(13-5)7(2)4-8(7,9)10/h3-4H2,1-2H3. The van der Waals surface area contributed by atoms with Crippen molar-refractivity contribution >= 4 is 23.2 Å². The zero-order chi connectivity index (χ0) is 9.69. The summed E-state index contributed by atoms with van der Waals surface area (Å²) in [5, 5.41) is 7.80. The Balaban J connectivity index is 2.28. The van der Waals surface area contributed by atoms with E-state index < -0.39 is 4.33 Å². The second kappa shape index (κ2) is 2.61. The fourth-order valence-corrected chi connectivity index (χ4v) is 1.95. The van der Waals surface area contributed by atoms with Crippen molar-refractivity contribution in [3.8, 4) is 0 Å². The van der Waals surface area contributed by atoms with Gasteiger partial charge in [0.2, 0.25) is 11.8 Å². The maximum absolute atomic E-state index is 5.97. The van der Waals surface area contributed by atoms with E-state index in [1.165, 1.54) is 0 Å². The van der Waals surface area contributed by atoms with Crippen LogP contribution >= 0.6 is 23.2 Å². The highest BCUT2D eigenvalue weighted by Gasteiger charge is 2.67. The number of aryl methyl sites for hydroxylation is 1. The molecule has 1 heterocycles. The minimum absolute atomic E-state index is 0.351. The van der Waals surface area contributed by atoms with Gasteiger partial charge in [-0.2, -0.15) is 0 Å². The van der Waals surface area contributed by atoms with E-state index in [4.69, 9.17) is 27.6 Å². The molecular weight excluding hydrogens is 211 g/mol. The van der Waals surface area contributed by atoms with Crippen molar-refractivity contribution in [3.63, 3.8) is 0 Å². The Labute approximate surface area is 86.4 Å². The third-order valence-electron chi connectivity index (χ3n) is 2.50.